The maximum absolute atomic E-state index is 9.90. The van der Waals surface area contributed by atoms with E-state index >= 15 is 0 Å². The summed E-state index contributed by atoms with van der Waals surface area (Å²) >= 11 is 3.75. The van der Waals surface area contributed by atoms with Gasteiger partial charge in [0.25, 0.3) is 0 Å². The van der Waals surface area contributed by atoms with E-state index in [-0.39, 0.29) is 6.42 Å². The van der Waals surface area contributed by atoms with Crippen LogP contribution in [-0.4, -0.2) is 49.5 Å². The Labute approximate surface area is 87.7 Å². The molecule has 0 saturated carbocycles. The third-order valence-corrected chi connectivity index (χ3v) is 3.24. The zero-order chi connectivity index (χ0) is 11.1. The van der Waals surface area contributed by atoms with E-state index in [9.17, 15) is 20.4 Å². The number of rotatable bonds is 1. The summed E-state index contributed by atoms with van der Waals surface area (Å²) in [5, 5.41) is 36.5. The number of hydrogen-bond acceptors (Lipinski definition) is 6. The van der Waals surface area contributed by atoms with Crippen LogP contribution in [0.25, 0.3) is 0 Å². The van der Waals surface area contributed by atoms with Crippen LogP contribution in [0.2, 0.25) is 0 Å². The molecular formula is C8H16O5S. The summed E-state index contributed by atoms with van der Waals surface area (Å²) in [5.41, 5.74) is -1.97. The first-order valence-corrected chi connectivity index (χ1v) is 4.92. The van der Waals surface area contributed by atoms with Gasteiger partial charge in [0, 0.05) is 0 Å². The second-order valence-corrected chi connectivity index (χ2v) is 4.25. The van der Waals surface area contributed by atoms with E-state index in [1.54, 1.807) is 6.92 Å². The van der Waals surface area contributed by atoms with Gasteiger partial charge in [-0.05, 0) is 13.3 Å². The first-order chi connectivity index (χ1) is 6.26. The van der Waals surface area contributed by atoms with E-state index in [1.165, 1.54) is 6.92 Å². The highest BCUT2D eigenvalue weighted by molar-refractivity contribution is 7.81. The van der Waals surface area contributed by atoms with Gasteiger partial charge in [0.1, 0.15) is 12.2 Å². The molecular weight excluding hydrogens is 208 g/mol. The van der Waals surface area contributed by atoms with Gasteiger partial charge in [-0.25, -0.2) is 0 Å². The average Bonchev–Trinajstić information content (AvgIpc) is 2.11. The third kappa shape index (κ3) is 1.56. The molecule has 0 bridgehead atoms. The highest BCUT2D eigenvalue weighted by Crippen LogP contribution is 2.40. The van der Waals surface area contributed by atoms with Crippen molar-refractivity contribution in [2.24, 2.45) is 0 Å². The Bertz CT molecular complexity index is 222. The molecule has 1 saturated heterocycles. The molecule has 1 aliphatic rings. The Morgan fingerprint density at radius 1 is 1.36 bits per heavy atom. The number of hydrogen-bond donors (Lipinski definition) is 5. The normalized spacial score (nSPS) is 54.6. The molecule has 0 aromatic heterocycles. The van der Waals surface area contributed by atoms with Crippen LogP contribution in [0.3, 0.4) is 0 Å². The van der Waals surface area contributed by atoms with Crippen molar-refractivity contribution in [2.45, 2.75) is 49.3 Å². The van der Waals surface area contributed by atoms with Crippen LogP contribution in [0.15, 0.2) is 0 Å². The zero-order valence-corrected chi connectivity index (χ0v) is 8.98. The summed E-state index contributed by atoms with van der Waals surface area (Å²) in [6, 6.07) is 0. The van der Waals surface area contributed by atoms with Crippen molar-refractivity contribution in [1.82, 2.24) is 0 Å². The molecule has 1 aliphatic heterocycles. The smallest absolute Gasteiger partial charge is 0.245 e. The predicted molar refractivity (Wildman–Crippen MR) is 51.7 cm³/mol. The molecule has 5 atom stereocenters. The molecule has 0 spiro atoms. The monoisotopic (exact) mass is 224 g/mol. The first-order valence-electron chi connectivity index (χ1n) is 4.47. The summed E-state index contributed by atoms with van der Waals surface area (Å²) in [6.45, 7) is 3.03. The molecule has 1 heterocycles. The molecule has 1 rings (SSSR count). The third-order valence-electron chi connectivity index (χ3n) is 2.75. The molecule has 84 valence electrons. The fraction of sp³-hybridized carbons (Fsp3) is 1.00. The molecule has 4 N–H and O–H groups in total. The van der Waals surface area contributed by atoms with E-state index in [2.05, 4.69) is 12.6 Å². The van der Waals surface area contributed by atoms with Crippen molar-refractivity contribution >= 4 is 12.6 Å². The topological polar surface area (TPSA) is 90.2 Å². The van der Waals surface area contributed by atoms with Gasteiger partial charge < -0.3 is 25.2 Å². The van der Waals surface area contributed by atoms with Crippen LogP contribution in [0.5, 0.6) is 0 Å². The second-order valence-electron chi connectivity index (χ2n) is 3.64. The first kappa shape index (κ1) is 12.2. The molecule has 5 nitrogen and oxygen atoms in total. The number of thiol groups is 1. The molecule has 0 amide bonds. The minimum atomic E-state index is -2.15. The van der Waals surface area contributed by atoms with Gasteiger partial charge in [0.05, 0.1) is 6.10 Å². The van der Waals surface area contributed by atoms with Crippen LogP contribution in [0.1, 0.15) is 20.3 Å². The van der Waals surface area contributed by atoms with Crippen molar-refractivity contribution in [3.05, 3.63) is 0 Å². The maximum atomic E-state index is 9.90. The van der Waals surface area contributed by atoms with Gasteiger partial charge in [-0.15, -0.1) is 12.6 Å². The second kappa shape index (κ2) is 3.62. The van der Waals surface area contributed by atoms with Gasteiger partial charge in [-0.3, -0.25) is 0 Å². The van der Waals surface area contributed by atoms with E-state index in [4.69, 9.17) is 4.74 Å². The van der Waals surface area contributed by atoms with Crippen LogP contribution < -0.4 is 0 Å². The Morgan fingerprint density at radius 3 is 2.29 bits per heavy atom. The maximum Gasteiger partial charge on any atom is 0.245 e. The highest BCUT2D eigenvalue weighted by atomic mass is 32.1. The molecule has 0 unspecified atom stereocenters. The Hall–Kier alpha value is 0.150. The van der Waals surface area contributed by atoms with Gasteiger partial charge in [0.2, 0.25) is 5.12 Å². The van der Waals surface area contributed by atoms with Crippen molar-refractivity contribution in [1.29, 1.82) is 0 Å². The highest BCUT2D eigenvalue weighted by Gasteiger charge is 2.60. The molecule has 14 heavy (non-hydrogen) atoms. The van der Waals surface area contributed by atoms with Crippen LogP contribution in [-0.2, 0) is 4.74 Å². The fourth-order valence-electron chi connectivity index (χ4n) is 1.60. The standard InChI is InChI=1S/C8H16O5S/c1-3-7(11)6(10)5(9)4(2)13-8(7,12)14/h4-6,9-12,14H,3H2,1-2H3/t4-,5+,6+,7-,8+/m1/s1. The van der Waals surface area contributed by atoms with Crippen molar-refractivity contribution in [3.63, 3.8) is 0 Å². The lowest BCUT2D eigenvalue weighted by Crippen LogP contribution is -2.69. The Kier molecular flexibility index (Phi) is 3.16. The molecule has 0 aromatic carbocycles. The van der Waals surface area contributed by atoms with E-state index in [0.29, 0.717) is 0 Å². The summed E-state index contributed by atoms with van der Waals surface area (Å²) in [5.74, 6) is 0. The lowest BCUT2D eigenvalue weighted by Gasteiger charge is -2.50. The van der Waals surface area contributed by atoms with Crippen LogP contribution in [0.4, 0.5) is 0 Å². The molecule has 6 heteroatoms. The van der Waals surface area contributed by atoms with E-state index in [0.717, 1.165) is 0 Å². The molecule has 0 aromatic rings. The van der Waals surface area contributed by atoms with Crippen molar-refractivity contribution in [3.8, 4) is 0 Å². The zero-order valence-electron chi connectivity index (χ0n) is 8.08. The minimum absolute atomic E-state index is 0.0119. The summed E-state index contributed by atoms with van der Waals surface area (Å²) in [6.07, 6.45) is -3.51. The quantitative estimate of drug-likeness (QED) is 0.286. The fourth-order valence-corrected chi connectivity index (χ4v) is 2.06. The summed E-state index contributed by atoms with van der Waals surface area (Å²) in [4.78, 5) is 0. The SMILES string of the molecule is CC[C@@]1(O)[C@@H](O)[C@@H](O)[C@@H](C)O[C@]1(O)S. The van der Waals surface area contributed by atoms with Gasteiger partial charge in [0.15, 0.2) is 5.60 Å². The minimum Gasteiger partial charge on any atom is -0.388 e. The van der Waals surface area contributed by atoms with Crippen LogP contribution >= 0.6 is 12.6 Å². The van der Waals surface area contributed by atoms with Gasteiger partial charge >= 0.3 is 0 Å². The van der Waals surface area contributed by atoms with Crippen molar-refractivity contribution < 1.29 is 25.2 Å². The Morgan fingerprint density at radius 2 is 1.86 bits per heavy atom. The van der Waals surface area contributed by atoms with Gasteiger partial charge in [-0.1, -0.05) is 6.92 Å². The van der Waals surface area contributed by atoms with E-state index in [1.807, 2.05) is 0 Å². The van der Waals surface area contributed by atoms with Crippen molar-refractivity contribution in [2.75, 3.05) is 0 Å². The lowest BCUT2D eigenvalue weighted by molar-refractivity contribution is -0.341. The number of aliphatic hydroxyl groups is 4. The molecule has 1 fully saturated rings. The Balaban J connectivity index is 3.02. The average molecular weight is 224 g/mol. The summed E-state index contributed by atoms with van der Waals surface area (Å²) < 4.78 is 4.92. The van der Waals surface area contributed by atoms with Gasteiger partial charge in [-0.2, -0.15) is 0 Å². The number of aliphatic hydroxyl groups excluding tert-OH is 2. The summed E-state index contributed by atoms with van der Waals surface area (Å²) in [7, 11) is 0. The molecule has 0 radical (unpaired) electrons. The molecule has 0 aliphatic carbocycles. The van der Waals surface area contributed by atoms with Crippen LogP contribution in [0, 0.1) is 0 Å². The lowest BCUT2D eigenvalue weighted by atomic mass is 9.84. The van der Waals surface area contributed by atoms with E-state index < -0.39 is 29.0 Å². The number of ether oxygens (including phenoxy) is 1. The largest absolute Gasteiger partial charge is 0.388 e. The predicted octanol–water partition coefficient (Wildman–Crippen LogP) is -1.16.